The maximum atomic E-state index is 12.5. The largest absolute Gasteiger partial charge is 0.492 e. The second kappa shape index (κ2) is 7.94. The van der Waals surface area contributed by atoms with Gasteiger partial charge in [0.2, 0.25) is 5.89 Å². The molecule has 0 aliphatic heterocycles. The summed E-state index contributed by atoms with van der Waals surface area (Å²) in [7, 11) is 0. The van der Waals surface area contributed by atoms with Crippen LogP contribution in [-0.2, 0) is 6.42 Å². The Morgan fingerprint density at radius 1 is 1.32 bits per heavy atom. The summed E-state index contributed by atoms with van der Waals surface area (Å²) in [5.41, 5.74) is 1.06. The number of amides is 1. The first-order valence-electron chi connectivity index (χ1n) is 8.06. The molecule has 6 nitrogen and oxygen atoms in total. The van der Waals surface area contributed by atoms with E-state index in [9.17, 15) is 4.79 Å². The van der Waals surface area contributed by atoms with Crippen molar-refractivity contribution in [2.24, 2.45) is 0 Å². The number of hydrogen-bond donors (Lipinski definition) is 1. The van der Waals surface area contributed by atoms with Crippen LogP contribution in [0.15, 0.2) is 40.9 Å². The van der Waals surface area contributed by atoms with Gasteiger partial charge in [0, 0.05) is 17.8 Å². The van der Waals surface area contributed by atoms with Gasteiger partial charge >= 0.3 is 0 Å². The molecule has 3 rings (SSSR count). The van der Waals surface area contributed by atoms with Gasteiger partial charge in [-0.25, -0.2) is 0 Å². The Balaban J connectivity index is 1.71. The predicted octanol–water partition coefficient (Wildman–Crippen LogP) is 3.48. The Labute approximate surface area is 149 Å². The molecule has 7 heteroatoms. The fraction of sp³-hybridized carbons (Fsp3) is 0.278. The van der Waals surface area contributed by atoms with Crippen LogP contribution in [0, 0.1) is 6.92 Å². The lowest BCUT2D eigenvalue weighted by Crippen LogP contribution is -2.25. The first-order valence-corrected chi connectivity index (χ1v) is 8.88. The van der Waals surface area contributed by atoms with Crippen molar-refractivity contribution in [2.75, 3.05) is 13.2 Å². The molecule has 1 aromatic carbocycles. The number of nitrogens with one attached hydrogen (secondary N) is 1. The number of aryl methyl sites for hydroxylation is 1. The van der Waals surface area contributed by atoms with E-state index in [-0.39, 0.29) is 5.91 Å². The van der Waals surface area contributed by atoms with E-state index in [1.54, 1.807) is 6.92 Å². The molecular formula is C18H19N3O3S. The molecule has 0 atom stereocenters. The minimum Gasteiger partial charge on any atom is -0.492 e. The number of ether oxygens (including phenoxy) is 1. The van der Waals surface area contributed by atoms with E-state index < -0.39 is 0 Å². The molecule has 0 spiro atoms. The molecule has 1 N–H and O–H groups in total. The van der Waals surface area contributed by atoms with E-state index in [1.807, 2.05) is 43.3 Å². The van der Waals surface area contributed by atoms with E-state index >= 15 is 0 Å². The molecular weight excluding hydrogens is 338 g/mol. The third-order valence-corrected chi connectivity index (χ3v) is 4.62. The number of rotatable bonds is 7. The van der Waals surface area contributed by atoms with Gasteiger partial charge in [-0.3, -0.25) is 4.79 Å². The molecule has 2 heterocycles. The molecule has 25 heavy (non-hydrogen) atoms. The van der Waals surface area contributed by atoms with Gasteiger partial charge in [-0.1, -0.05) is 35.5 Å². The monoisotopic (exact) mass is 357 g/mol. The number of carbonyl (C=O) groups is 1. The van der Waals surface area contributed by atoms with E-state index in [0.29, 0.717) is 41.9 Å². The fourth-order valence-electron chi connectivity index (χ4n) is 2.34. The number of benzene rings is 1. The van der Waals surface area contributed by atoms with Crippen molar-refractivity contribution in [1.82, 2.24) is 15.5 Å². The third kappa shape index (κ3) is 4.24. The van der Waals surface area contributed by atoms with E-state index in [4.69, 9.17) is 9.26 Å². The Bertz CT molecular complexity index is 842. The first-order chi connectivity index (χ1) is 12.2. The van der Waals surface area contributed by atoms with Crippen molar-refractivity contribution in [1.29, 1.82) is 0 Å². The van der Waals surface area contributed by atoms with Crippen LogP contribution in [0.4, 0.5) is 0 Å². The number of thiophene rings is 1. The standard InChI is InChI=1S/C18H19N3O3S/c1-3-23-14-11-15(13-7-5-4-6-8-13)25-17(14)18(22)19-10-9-16-20-12(2)21-24-16/h4-8,11H,3,9-10H2,1-2H3,(H,19,22). The molecule has 130 valence electrons. The van der Waals surface area contributed by atoms with Crippen LogP contribution in [0.2, 0.25) is 0 Å². The first kappa shape index (κ1) is 17.2. The van der Waals surface area contributed by atoms with Gasteiger partial charge < -0.3 is 14.6 Å². The highest BCUT2D eigenvalue weighted by Gasteiger charge is 2.18. The minimum atomic E-state index is -0.160. The highest BCUT2D eigenvalue weighted by atomic mass is 32.1. The van der Waals surface area contributed by atoms with Crippen molar-refractivity contribution in [2.45, 2.75) is 20.3 Å². The molecule has 0 radical (unpaired) electrons. The van der Waals surface area contributed by atoms with Gasteiger partial charge in [-0.05, 0) is 25.5 Å². The lowest BCUT2D eigenvalue weighted by atomic mass is 10.2. The summed E-state index contributed by atoms with van der Waals surface area (Å²) >= 11 is 1.42. The zero-order valence-electron chi connectivity index (χ0n) is 14.1. The van der Waals surface area contributed by atoms with E-state index in [0.717, 1.165) is 10.4 Å². The molecule has 0 unspecified atom stereocenters. The molecule has 0 aliphatic rings. The van der Waals surface area contributed by atoms with Gasteiger partial charge in [0.25, 0.3) is 5.91 Å². The average molecular weight is 357 g/mol. The summed E-state index contributed by atoms with van der Waals surface area (Å²) in [6.45, 7) is 4.59. The van der Waals surface area contributed by atoms with Crippen molar-refractivity contribution >= 4 is 17.2 Å². The Morgan fingerprint density at radius 2 is 2.12 bits per heavy atom. The Morgan fingerprint density at radius 3 is 2.80 bits per heavy atom. The normalized spacial score (nSPS) is 10.6. The van der Waals surface area contributed by atoms with Crippen LogP contribution < -0.4 is 10.1 Å². The predicted molar refractivity (Wildman–Crippen MR) is 96.0 cm³/mol. The smallest absolute Gasteiger partial charge is 0.265 e. The third-order valence-electron chi connectivity index (χ3n) is 3.46. The van der Waals surface area contributed by atoms with E-state index in [1.165, 1.54) is 11.3 Å². The molecule has 0 bridgehead atoms. The lowest BCUT2D eigenvalue weighted by molar-refractivity contribution is 0.0954. The maximum Gasteiger partial charge on any atom is 0.265 e. The summed E-state index contributed by atoms with van der Waals surface area (Å²) < 4.78 is 10.7. The highest BCUT2D eigenvalue weighted by Crippen LogP contribution is 2.36. The summed E-state index contributed by atoms with van der Waals surface area (Å²) in [6.07, 6.45) is 0.494. The van der Waals surface area contributed by atoms with E-state index in [2.05, 4.69) is 15.5 Å². The molecule has 0 aliphatic carbocycles. The van der Waals surface area contributed by atoms with Gasteiger partial charge in [-0.2, -0.15) is 4.98 Å². The Kier molecular flexibility index (Phi) is 5.45. The summed E-state index contributed by atoms with van der Waals surface area (Å²) in [5.74, 6) is 1.55. The quantitative estimate of drug-likeness (QED) is 0.700. The second-order valence-electron chi connectivity index (χ2n) is 5.34. The topological polar surface area (TPSA) is 77.2 Å². The molecule has 0 saturated heterocycles. The van der Waals surface area contributed by atoms with Crippen molar-refractivity contribution < 1.29 is 14.1 Å². The molecule has 0 fully saturated rings. The summed E-state index contributed by atoms with van der Waals surface area (Å²) in [5, 5.41) is 6.62. The zero-order chi connectivity index (χ0) is 17.6. The van der Waals surface area contributed by atoms with Gasteiger partial charge in [0.05, 0.1) is 6.61 Å². The van der Waals surface area contributed by atoms with Gasteiger partial charge in [0.1, 0.15) is 10.6 Å². The number of hydrogen-bond acceptors (Lipinski definition) is 6. The van der Waals surface area contributed by atoms with Crippen molar-refractivity contribution in [3.8, 4) is 16.2 Å². The van der Waals surface area contributed by atoms with Gasteiger partial charge in [0.15, 0.2) is 5.82 Å². The fourth-order valence-corrected chi connectivity index (χ4v) is 3.37. The number of carbonyl (C=O) groups excluding carboxylic acids is 1. The highest BCUT2D eigenvalue weighted by molar-refractivity contribution is 7.17. The number of aromatic nitrogens is 2. The second-order valence-corrected chi connectivity index (χ2v) is 6.40. The molecule has 1 amide bonds. The summed E-state index contributed by atoms with van der Waals surface area (Å²) in [6, 6.07) is 11.9. The summed E-state index contributed by atoms with van der Waals surface area (Å²) in [4.78, 5) is 18.2. The van der Waals surface area contributed by atoms with Crippen LogP contribution in [-0.4, -0.2) is 29.2 Å². The Hall–Kier alpha value is -2.67. The van der Waals surface area contributed by atoms with Crippen LogP contribution in [0.5, 0.6) is 5.75 Å². The van der Waals surface area contributed by atoms with Crippen LogP contribution in [0.3, 0.4) is 0 Å². The lowest BCUT2D eigenvalue weighted by Gasteiger charge is -2.05. The average Bonchev–Trinajstić information content (AvgIpc) is 3.22. The van der Waals surface area contributed by atoms with Crippen molar-refractivity contribution in [3.05, 3.63) is 53.0 Å². The molecule has 0 saturated carbocycles. The van der Waals surface area contributed by atoms with Crippen LogP contribution in [0.25, 0.3) is 10.4 Å². The molecule has 3 aromatic rings. The zero-order valence-corrected chi connectivity index (χ0v) is 14.9. The molecule has 2 aromatic heterocycles. The van der Waals surface area contributed by atoms with Crippen LogP contribution in [0.1, 0.15) is 28.3 Å². The number of nitrogens with zero attached hydrogens (tertiary/aromatic N) is 2. The van der Waals surface area contributed by atoms with Crippen molar-refractivity contribution in [3.63, 3.8) is 0 Å². The minimum absolute atomic E-state index is 0.160. The maximum absolute atomic E-state index is 12.5. The van der Waals surface area contributed by atoms with Crippen LogP contribution >= 0.6 is 11.3 Å². The van der Waals surface area contributed by atoms with Gasteiger partial charge in [-0.15, -0.1) is 11.3 Å². The SMILES string of the molecule is CCOc1cc(-c2ccccc2)sc1C(=O)NCCc1nc(C)no1.